The first kappa shape index (κ1) is 28.2. The maximum absolute atomic E-state index is 14.4. The van der Waals surface area contributed by atoms with Crippen LogP contribution in [0.25, 0.3) is 0 Å². The van der Waals surface area contributed by atoms with Crippen LogP contribution in [0.2, 0.25) is 0 Å². The standard InChI is InChI=1S/C26H34FN3O6S/c1-18(25(32)28-26(2,3)4)29(16-19-9-6-7-10-21(19)27)24(31)11-8-14-30(37(5,33)34)20-12-13-22-23(15-20)36-17-35-22/h6-7,9-10,12-13,15,18H,8,11,14,16-17H2,1-5H3,(H,28,32)/t18-/m0/s1. The Morgan fingerprint density at radius 2 is 1.78 bits per heavy atom. The summed E-state index contributed by atoms with van der Waals surface area (Å²) < 4.78 is 51.3. The molecule has 0 aliphatic carbocycles. The molecular formula is C26H34FN3O6S. The Labute approximate surface area is 217 Å². The van der Waals surface area contributed by atoms with Crippen LogP contribution in [0.5, 0.6) is 11.5 Å². The number of sulfonamides is 1. The van der Waals surface area contributed by atoms with Gasteiger partial charge in [-0.15, -0.1) is 0 Å². The molecule has 0 spiro atoms. The van der Waals surface area contributed by atoms with Crippen molar-refractivity contribution in [1.29, 1.82) is 0 Å². The zero-order chi connectivity index (χ0) is 27.4. The minimum atomic E-state index is -3.66. The lowest BCUT2D eigenvalue weighted by Gasteiger charge is -2.32. The third-order valence-electron chi connectivity index (χ3n) is 5.76. The number of halogens is 1. The molecule has 0 aromatic heterocycles. The Hall–Kier alpha value is -3.34. The van der Waals surface area contributed by atoms with Crippen molar-refractivity contribution in [1.82, 2.24) is 10.2 Å². The van der Waals surface area contributed by atoms with Crippen molar-refractivity contribution in [3.05, 3.63) is 53.8 Å². The Bertz CT molecular complexity index is 1250. The third kappa shape index (κ3) is 7.58. The van der Waals surface area contributed by atoms with Gasteiger partial charge in [0.25, 0.3) is 0 Å². The molecular weight excluding hydrogens is 501 g/mol. The number of benzene rings is 2. The Morgan fingerprint density at radius 3 is 2.43 bits per heavy atom. The first-order chi connectivity index (χ1) is 17.3. The molecule has 1 heterocycles. The lowest BCUT2D eigenvalue weighted by molar-refractivity contribution is -0.141. The number of fused-ring (bicyclic) bond motifs is 1. The molecule has 0 bridgehead atoms. The summed E-state index contributed by atoms with van der Waals surface area (Å²) in [6.45, 7) is 7.08. The topological polar surface area (TPSA) is 105 Å². The number of carbonyl (C=O) groups is 2. The van der Waals surface area contributed by atoms with E-state index in [1.807, 2.05) is 20.8 Å². The smallest absolute Gasteiger partial charge is 0.242 e. The summed E-state index contributed by atoms with van der Waals surface area (Å²) in [6, 6.07) is 10.0. The van der Waals surface area contributed by atoms with E-state index in [-0.39, 0.29) is 50.1 Å². The Kier molecular flexibility index (Phi) is 8.68. The fraction of sp³-hybridized carbons (Fsp3) is 0.462. The maximum atomic E-state index is 14.4. The van der Waals surface area contributed by atoms with Crippen LogP contribution in [0.15, 0.2) is 42.5 Å². The van der Waals surface area contributed by atoms with E-state index in [1.165, 1.54) is 15.3 Å². The second kappa shape index (κ2) is 11.4. The van der Waals surface area contributed by atoms with Crippen LogP contribution in [0.4, 0.5) is 10.1 Å². The largest absolute Gasteiger partial charge is 0.454 e. The highest BCUT2D eigenvalue weighted by molar-refractivity contribution is 7.92. The van der Waals surface area contributed by atoms with Gasteiger partial charge in [-0.05, 0) is 52.3 Å². The van der Waals surface area contributed by atoms with Gasteiger partial charge in [-0.2, -0.15) is 0 Å². The van der Waals surface area contributed by atoms with E-state index in [9.17, 15) is 22.4 Å². The predicted molar refractivity (Wildman–Crippen MR) is 138 cm³/mol. The molecule has 2 aromatic carbocycles. The normalized spacial score (nSPS) is 13.7. The number of rotatable bonds is 10. The maximum Gasteiger partial charge on any atom is 0.242 e. The van der Waals surface area contributed by atoms with Crippen LogP contribution in [0.3, 0.4) is 0 Å². The molecule has 2 amide bonds. The fourth-order valence-electron chi connectivity index (χ4n) is 3.91. The van der Waals surface area contributed by atoms with Gasteiger partial charge in [0.15, 0.2) is 11.5 Å². The second-order valence-corrected chi connectivity index (χ2v) is 11.9. The van der Waals surface area contributed by atoms with Crippen molar-refractivity contribution < 1.29 is 31.9 Å². The molecule has 9 nitrogen and oxygen atoms in total. The minimum Gasteiger partial charge on any atom is -0.454 e. The van der Waals surface area contributed by atoms with Crippen molar-refractivity contribution in [2.24, 2.45) is 0 Å². The van der Waals surface area contributed by atoms with Crippen LogP contribution in [0.1, 0.15) is 46.1 Å². The quantitative estimate of drug-likeness (QED) is 0.500. The highest BCUT2D eigenvalue weighted by atomic mass is 32.2. The van der Waals surface area contributed by atoms with Gasteiger partial charge in [0.2, 0.25) is 28.6 Å². The zero-order valence-electron chi connectivity index (χ0n) is 21.8. The Morgan fingerprint density at radius 1 is 1.11 bits per heavy atom. The molecule has 2 aromatic rings. The zero-order valence-corrected chi connectivity index (χ0v) is 22.6. The summed E-state index contributed by atoms with van der Waals surface area (Å²) >= 11 is 0. The van der Waals surface area contributed by atoms with Crippen LogP contribution < -0.4 is 19.1 Å². The highest BCUT2D eigenvalue weighted by Gasteiger charge is 2.29. The molecule has 1 atom stereocenters. The van der Waals surface area contributed by atoms with Crippen LogP contribution in [-0.2, 0) is 26.2 Å². The number of hydrogen-bond acceptors (Lipinski definition) is 6. The van der Waals surface area contributed by atoms with Gasteiger partial charge in [-0.1, -0.05) is 18.2 Å². The van der Waals surface area contributed by atoms with E-state index in [0.29, 0.717) is 17.2 Å². The van der Waals surface area contributed by atoms with E-state index in [1.54, 1.807) is 43.3 Å². The molecule has 37 heavy (non-hydrogen) atoms. The van der Waals surface area contributed by atoms with Crippen molar-refractivity contribution in [3.63, 3.8) is 0 Å². The van der Waals surface area contributed by atoms with Crippen molar-refractivity contribution in [2.75, 3.05) is 23.9 Å². The van der Waals surface area contributed by atoms with E-state index in [4.69, 9.17) is 9.47 Å². The van der Waals surface area contributed by atoms with Gasteiger partial charge in [0.1, 0.15) is 11.9 Å². The van der Waals surface area contributed by atoms with E-state index >= 15 is 0 Å². The van der Waals surface area contributed by atoms with Crippen molar-refractivity contribution in [2.45, 2.75) is 58.7 Å². The second-order valence-electron chi connectivity index (χ2n) is 10.0. The number of nitrogens with one attached hydrogen (secondary N) is 1. The number of nitrogens with zero attached hydrogens (tertiary/aromatic N) is 2. The molecule has 0 unspecified atom stereocenters. The number of amides is 2. The SMILES string of the molecule is C[C@@H](C(=O)NC(C)(C)C)N(Cc1ccccc1F)C(=O)CCCN(c1ccc2c(c1)OCO2)S(C)(=O)=O. The first-order valence-corrected chi connectivity index (χ1v) is 13.8. The molecule has 0 radical (unpaired) electrons. The summed E-state index contributed by atoms with van der Waals surface area (Å²) in [6.07, 6.45) is 1.22. The van der Waals surface area contributed by atoms with E-state index < -0.39 is 27.4 Å². The molecule has 0 fully saturated rings. The fourth-order valence-corrected chi connectivity index (χ4v) is 4.87. The number of ether oxygens (including phenoxy) is 2. The summed E-state index contributed by atoms with van der Waals surface area (Å²) in [5, 5.41) is 2.85. The van der Waals surface area contributed by atoms with E-state index in [0.717, 1.165) is 6.26 Å². The number of carbonyl (C=O) groups excluding carboxylic acids is 2. The molecule has 1 aliphatic rings. The average molecular weight is 536 g/mol. The summed E-state index contributed by atoms with van der Waals surface area (Å²) in [4.78, 5) is 27.5. The predicted octanol–water partition coefficient (Wildman–Crippen LogP) is 3.43. The lowest BCUT2D eigenvalue weighted by Crippen LogP contribution is -2.52. The minimum absolute atomic E-state index is 0.0281. The lowest BCUT2D eigenvalue weighted by atomic mass is 10.1. The first-order valence-electron chi connectivity index (χ1n) is 12.0. The molecule has 1 N–H and O–H groups in total. The monoisotopic (exact) mass is 535 g/mol. The molecule has 0 saturated carbocycles. The molecule has 3 rings (SSSR count). The van der Waals surface area contributed by atoms with Crippen molar-refractivity contribution in [3.8, 4) is 11.5 Å². The van der Waals surface area contributed by atoms with Crippen LogP contribution >= 0.6 is 0 Å². The highest BCUT2D eigenvalue weighted by Crippen LogP contribution is 2.36. The van der Waals surface area contributed by atoms with Crippen LogP contribution in [0, 0.1) is 5.82 Å². The average Bonchev–Trinajstić information content (AvgIpc) is 3.26. The van der Waals surface area contributed by atoms with Crippen LogP contribution in [-0.4, -0.2) is 56.3 Å². The summed E-state index contributed by atoms with van der Waals surface area (Å²) in [5.74, 6) is -0.264. The van der Waals surface area contributed by atoms with Gasteiger partial charge in [0, 0.05) is 36.7 Å². The van der Waals surface area contributed by atoms with Gasteiger partial charge in [-0.25, -0.2) is 12.8 Å². The Balaban J connectivity index is 1.75. The van der Waals surface area contributed by atoms with Crippen molar-refractivity contribution >= 4 is 27.5 Å². The molecule has 0 saturated heterocycles. The van der Waals surface area contributed by atoms with E-state index in [2.05, 4.69) is 5.32 Å². The number of anilines is 1. The van der Waals surface area contributed by atoms with Gasteiger partial charge in [-0.3, -0.25) is 13.9 Å². The molecule has 1 aliphatic heterocycles. The third-order valence-corrected chi connectivity index (χ3v) is 6.95. The number of hydrogen-bond donors (Lipinski definition) is 1. The van der Waals surface area contributed by atoms with Gasteiger partial charge < -0.3 is 19.7 Å². The summed E-state index contributed by atoms with van der Waals surface area (Å²) in [7, 11) is -3.66. The van der Waals surface area contributed by atoms with Gasteiger partial charge in [0.05, 0.1) is 11.9 Å². The summed E-state index contributed by atoms with van der Waals surface area (Å²) in [5.41, 5.74) is 0.156. The molecule has 11 heteroatoms. The molecule has 202 valence electrons. The van der Waals surface area contributed by atoms with Gasteiger partial charge >= 0.3 is 0 Å².